The van der Waals surface area contributed by atoms with Crippen molar-refractivity contribution in [1.82, 2.24) is 4.57 Å². The molecule has 7 heteroatoms. The van der Waals surface area contributed by atoms with Crippen molar-refractivity contribution in [2.24, 2.45) is 5.41 Å². The predicted octanol–water partition coefficient (Wildman–Crippen LogP) is 7.67. The van der Waals surface area contributed by atoms with Gasteiger partial charge in [-0.15, -0.1) is 0 Å². The van der Waals surface area contributed by atoms with E-state index in [-0.39, 0.29) is 29.6 Å². The summed E-state index contributed by atoms with van der Waals surface area (Å²) in [5.41, 5.74) is 4.25. The maximum Gasteiger partial charge on any atom is 0.272 e. The molecule has 1 heterocycles. The standard InChI is InChI=1S/C32H37FN4O2/c1-5-8-30(38)35-24-11-13-25(14-12-24)36-31(39)29-20-23-19-26(34-18-17-32(2,3)4)15-16-28(23)37(29)21-22-9-6-7-10-27(22)33/h6-7,9-16,19-20,34H,5,8,17-18,21H2,1-4H3,(H,35,38)(H,36,39). The topological polar surface area (TPSA) is 75.2 Å². The fourth-order valence-electron chi connectivity index (χ4n) is 4.40. The highest BCUT2D eigenvalue weighted by atomic mass is 19.1. The van der Waals surface area contributed by atoms with Crippen LogP contribution in [0.3, 0.4) is 0 Å². The molecule has 0 unspecified atom stereocenters. The van der Waals surface area contributed by atoms with Gasteiger partial charge in [0.25, 0.3) is 5.91 Å². The van der Waals surface area contributed by atoms with Crippen molar-refractivity contribution < 1.29 is 14.0 Å². The van der Waals surface area contributed by atoms with Crippen LogP contribution in [-0.4, -0.2) is 22.9 Å². The van der Waals surface area contributed by atoms with Gasteiger partial charge < -0.3 is 20.5 Å². The third-order valence-electron chi connectivity index (χ3n) is 6.53. The number of nitrogens with zero attached hydrogens (tertiary/aromatic N) is 1. The molecule has 39 heavy (non-hydrogen) atoms. The van der Waals surface area contributed by atoms with Crippen LogP contribution in [-0.2, 0) is 11.3 Å². The van der Waals surface area contributed by atoms with E-state index in [1.165, 1.54) is 6.07 Å². The van der Waals surface area contributed by atoms with Crippen LogP contribution < -0.4 is 16.0 Å². The summed E-state index contributed by atoms with van der Waals surface area (Å²) in [6, 6.07) is 21.5. The number of hydrogen-bond donors (Lipinski definition) is 3. The van der Waals surface area contributed by atoms with Crippen molar-refractivity contribution in [3.8, 4) is 0 Å². The van der Waals surface area contributed by atoms with Gasteiger partial charge in [0.2, 0.25) is 5.91 Å². The number of carbonyl (C=O) groups is 2. The molecule has 0 aliphatic heterocycles. The van der Waals surface area contributed by atoms with E-state index >= 15 is 0 Å². The summed E-state index contributed by atoms with van der Waals surface area (Å²) in [6.07, 6.45) is 2.25. The molecule has 0 fully saturated rings. The third kappa shape index (κ3) is 7.47. The van der Waals surface area contributed by atoms with E-state index in [0.29, 0.717) is 29.1 Å². The largest absolute Gasteiger partial charge is 0.385 e. The van der Waals surface area contributed by atoms with E-state index in [0.717, 1.165) is 36.0 Å². The minimum Gasteiger partial charge on any atom is -0.385 e. The van der Waals surface area contributed by atoms with Gasteiger partial charge >= 0.3 is 0 Å². The molecular formula is C32H37FN4O2. The van der Waals surface area contributed by atoms with Crippen LogP contribution in [0.25, 0.3) is 10.9 Å². The van der Waals surface area contributed by atoms with Crippen LogP contribution in [0.5, 0.6) is 0 Å². The molecule has 1 aromatic heterocycles. The summed E-state index contributed by atoms with van der Waals surface area (Å²) < 4.78 is 16.4. The molecule has 6 nitrogen and oxygen atoms in total. The predicted molar refractivity (Wildman–Crippen MR) is 158 cm³/mol. The van der Waals surface area contributed by atoms with Crippen LogP contribution in [0.1, 0.15) is 63.0 Å². The first-order valence-electron chi connectivity index (χ1n) is 13.4. The first kappa shape index (κ1) is 27.9. The van der Waals surface area contributed by atoms with E-state index in [1.54, 1.807) is 42.5 Å². The van der Waals surface area contributed by atoms with Gasteiger partial charge in [-0.05, 0) is 72.9 Å². The minimum atomic E-state index is -0.313. The second-order valence-corrected chi connectivity index (χ2v) is 11.0. The van der Waals surface area contributed by atoms with Crippen molar-refractivity contribution in [2.75, 3.05) is 22.5 Å². The van der Waals surface area contributed by atoms with Crippen molar-refractivity contribution in [3.63, 3.8) is 0 Å². The number of amides is 2. The SMILES string of the molecule is CCCC(=O)Nc1ccc(NC(=O)c2cc3cc(NCCC(C)(C)C)ccc3n2Cc2ccccc2F)cc1. The normalized spacial score (nSPS) is 11.4. The fourth-order valence-corrected chi connectivity index (χ4v) is 4.40. The lowest BCUT2D eigenvalue weighted by atomic mass is 9.92. The summed E-state index contributed by atoms with van der Waals surface area (Å²) in [4.78, 5) is 25.4. The van der Waals surface area contributed by atoms with Gasteiger partial charge in [0.05, 0.1) is 6.54 Å². The van der Waals surface area contributed by atoms with Gasteiger partial charge in [-0.2, -0.15) is 0 Å². The number of benzene rings is 3. The maximum absolute atomic E-state index is 14.6. The lowest BCUT2D eigenvalue weighted by Gasteiger charge is -2.18. The Morgan fingerprint density at radius 1 is 0.872 bits per heavy atom. The van der Waals surface area contributed by atoms with Gasteiger partial charge in [-0.1, -0.05) is 45.9 Å². The van der Waals surface area contributed by atoms with Gasteiger partial charge in [-0.3, -0.25) is 9.59 Å². The first-order valence-corrected chi connectivity index (χ1v) is 13.4. The number of fused-ring (bicyclic) bond motifs is 1. The fraction of sp³-hybridized carbons (Fsp3) is 0.312. The summed E-state index contributed by atoms with van der Waals surface area (Å²) in [5.74, 6) is -0.654. The highest BCUT2D eigenvalue weighted by Gasteiger charge is 2.18. The highest BCUT2D eigenvalue weighted by Crippen LogP contribution is 2.27. The van der Waals surface area contributed by atoms with Gasteiger partial charge in [-0.25, -0.2) is 4.39 Å². The second-order valence-electron chi connectivity index (χ2n) is 11.0. The quantitative estimate of drug-likeness (QED) is 0.198. The molecule has 0 spiro atoms. The van der Waals surface area contributed by atoms with Crippen LogP contribution in [0.2, 0.25) is 0 Å². The average molecular weight is 529 g/mol. The van der Waals surface area contributed by atoms with Crippen LogP contribution in [0.4, 0.5) is 21.5 Å². The van der Waals surface area contributed by atoms with Gasteiger partial charge in [0.1, 0.15) is 11.5 Å². The Morgan fingerprint density at radius 2 is 1.54 bits per heavy atom. The number of hydrogen-bond acceptors (Lipinski definition) is 3. The number of nitrogens with one attached hydrogen (secondary N) is 3. The van der Waals surface area contributed by atoms with Crippen molar-refractivity contribution in [3.05, 3.63) is 89.9 Å². The maximum atomic E-state index is 14.6. The molecule has 0 aliphatic carbocycles. The monoisotopic (exact) mass is 528 g/mol. The van der Waals surface area contributed by atoms with E-state index in [9.17, 15) is 14.0 Å². The zero-order valence-electron chi connectivity index (χ0n) is 23.1. The molecule has 0 bridgehead atoms. The molecule has 3 aromatic carbocycles. The Labute approximate surface area is 229 Å². The Kier molecular flexibility index (Phi) is 8.69. The zero-order valence-corrected chi connectivity index (χ0v) is 23.1. The Morgan fingerprint density at radius 3 is 2.21 bits per heavy atom. The molecule has 4 aromatic rings. The number of aromatic nitrogens is 1. The summed E-state index contributed by atoms with van der Waals surface area (Å²) in [7, 11) is 0. The van der Waals surface area contributed by atoms with Crippen molar-refractivity contribution in [2.45, 2.75) is 53.5 Å². The number of rotatable bonds is 10. The smallest absolute Gasteiger partial charge is 0.272 e. The average Bonchev–Trinajstić information content (AvgIpc) is 3.23. The summed E-state index contributed by atoms with van der Waals surface area (Å²) >= 11 is 0. The molecule has 0 atom stereocenters. The first-order chi connectivity index (χ1) is 18.6. The van der Waals surface area contributed by atoms with E-state index in [1.807, 2.05) is 35.8 Å². The molecule has 204 valence electrons. The Balaban J connectivity index is 1.60. The van der Waals surface area contributed by atoms with Crippen LogP contribution in [0, 0.1) is 11.2 Å². The Bertz CT molecular complexity index is 1450. The molecule has 0 saturated heterocycles. The Hall–Kier alpha value is -4.13. The van der Waals surface area contributed by atoms with Gasteiger partial charge in [0.15, 0.2) is 0 Å². The molecule has 3 N–H and O–H groups in total. The molecule has 0 saturated carbocycles. The molecule has 4 rings (SSSR count). The molecule has 2 amide bonds. The third-order valence-corrected chi connectivity index (χ3v) is 6.53. The van der Waals surface area contributed by atoms with Crippen LogP contribution in [0.15, 0.2) is 72.8 Å². The van der Waals surface area contributed by atoms with Crippen molar-refractivity contribution >= 4 is 39.8 Å². The summed E-state index contributed by atoms with van der Waals surface area (Å²) in [5, 5.41) is 10.2. The van der Waals surface area contributed by atoms with Crippen LogP contribution >= 0.6 is 0 Å². The molecular weight excluding hydrogens is 491 g/mol. The van der Waals surface area contributed by atoms with E-state index in [2.05, 4.69) is 36.7 Å². The van der Waals surface area contributed by atoms with Crippen molar-refractivity contribution in [1.29, 1.82) is 0 Å². The number of carbonyl (C=O) groups excluding carboxylic acids is 2. The lowest BCUT2D eigenvalue weighted by molar-refractivity contribution is -0.116. The second kappa shape index (κ2) is 12.2. The number of anilines is 3. The number of halogens is 1. The molecule has 0 radical (unpaired) electrons. The van der Waals surface area contributed by atoms with E-state index in [4.69, 9.17) is 0 Å². The van der Waals surface area contributed by atoms with E-state index < -0.39 is 0 Å². The molecule has 0 aliphatic rings. The highest BCUT2D eigenvalue weighted by molar-refractivity contribution is 6.07. The zero-order chi connectivity index (χ0) is 28.0. The minimum absolute atomic E-state index is 0.0424. The lowest BCUT2D eigenvalue weighted by Crippen LogP contribution is -2.18. The van der Waals surface area contributed by atoms with Gasteiger partial charge in [0, 0.05) is 46.5 Å². The summed E-state index contributed by atoms with van der Waals surface area (Å²) in [6.45, 7) is 9.64.